The van der Waals surface area contributed by atoms with Crippen molar-refractivity contribution in [2.24, 2.45) is 0 Å². The smallest absolute Gasteiger partial charge is 0.298 e. The van der Waals surface area contributed by atoms with Gasteiger partial charge in [-0.3, -0.25) is 4.79 Å². The Labute approximate surface area is 200 Å². The van der Waals surface area contributed by atoms with Crippen molar-refractivity contribution in [2.45, 2.75) is 76.2 Å². The molecule has 4 atom stereocenters. The molecule has 1 aromatic heterocycles. The first kappa shape index (κ1) is 23.6. The number of oxazole rings is 1. The molecule has 3 saturated heterocycles. The van der Waals surface area contributed by atoms with Crippen molar-refractivity contribution in [1.29, 1.82) is 0 Å². The first-order valence-electron chi connectivity index (χ1n) is 11.5. The fraction of sp³-hybridized carbons (Fsp3) is 0.652. The number of nitrogens with zero attached hydrogens (tertiary/aromatic N) is 3. The number of anilines is 1. The number of carbonyl (C=O) groups is 1. The SMILES string of the molecule is C[C@H]1CNC[C@H](C)N1c1nc2c(C(=O)NC3CC4CCCC(C3)N4C)cc(Cl)cc2o1.Cl. The van der Waals surface area contributed by atoms with Gasteiger partial charge in [-0.05, 0) is 52.6 Å². The van der Waals surface area contributed by atoms with Gasteiger partial charge in [-0.25, -0.2) is 0 Å². The van der Waals surface area contributed by atoms with Crippen molar-refractivity contribution in [3.63, 3.8) is 0 Å². The minimum atomic E-state index is -0.110. The average Bonchev–Trinajstić information content (AvgIpc) is 3.11. The zero-order chi connectivity index (χ0) is 21.7. The van der Waals surface area contributed by atoms with Crippen LogP contribution in [-0.4, -0.2) is 66.1 Å². The van der Waals surface area contributed by atoms with E-state index < -0.39 is 0 Å². The Hall–Kier alpha value is -1.54. The van der Waals surface area contributed by atoms with Gasteiger partial charge in [-0.15, -0.1) is 12.4 Å². The van der Waals surface area contributed by atoms with Gasteiger partial charge in [0.1, 0.15) is 5.52 Å². The van der Waals surface area contributed by atoms with Crippen LogP contribution in [-0.2, 0) is 0 Å². The van der Waals surface area contributed by atoms with Gasteiger partial charge >= 0.3 is 0 Å². The van der Waals surface area contributed by atoms with Crippen LogP contribution in [0.25, 0.3) is 11.1 Å². The monoisotopic (exact) mass is 481 g/mol. The van der Waals surface area contributed by atoms with Crippen LogP contribution >= 0.6 is 24.0 Å². The van der Waals surface area contributed by atoms with Gasteiger partial charge in [0.15, 0.2) is 5.58 Å². The van der Waals surface area contributed by atoms with Crippen molar-refractivity contribution >= 4 is 47.0 Å². The number of piperazine rings is 1. The number of piperidine rings is 2. The van der Waals surface area contributed by atoms with Gasteiger partial charge in [0.2, 0.25) is 0 Å². The van der Waals surface area contributed by atoms with Crippen LogP contribution in [0.3, 0.4) is 0 Å². The maximum Gasteiger partial charge on any atom is 0.298 e. The highest BCUT2D eigenvalue weighted by molar-refractivity contribution is 6.32. The summed E-state index contributed by atoms with van der Waals surface area (Å²) in [6.07, 6.45) is 5.73. The van der Waals surface area contributed by atoms with E-state index in [0.717, 1.165) is 25.9 Å². The average molecular weight is 482 g/mol. The predicted octanol–water partition coefficient (Wildman–Crippen LogP) is 3.83. The van der Waals surface area contributed by atoms with Crippen molar-refractivity contribution in [3.8, 4) is 0 Å². The van der Waals surface area contributed by atoms with Gasteiger partial charge in [-0.1, -0.05) is 18.0 Å². The molecule has 1 amide bonds. The molecule has 2 aromatic rings. The zero-order valence-corrected chi connectivity index (χ0v) is 20.5. The summed E-state index contributed by atoms with van der Waals surface area (Å²) < 4.78 is 6.10. The van der Waals surface area contributed by atoms with Crippen LogP contribution in [0.2, 0.25) is 5.02 Å². The summed E-state index contributed by atoms with van der Waals surface area (Å²) in [5.74, 6) is -0.110. The van der Waals surface area contributed by atoms with E-state index in [9.17, 15) is 4.79 Å². The van der Waals surface area contributed by atoms with Gasteiger partial charge in [-0.2, -0.15) is 4.98 Å². The Kier molecular flexibility index (Phi) is 6.92. The summed E-state index contributed by atoms with van der Waals surface area (Å²) in [6.45, 7) is 6.04. The Morgan fingerprint density at radius 3 is 2.50 bits per heavy atom. The second-order valence-corrected chi connectivity index (χ2v) is 10.0. The molecule has 32 heavy (non-hydrogen) atoms. The number of rotatable bonds is 3. The second kappa shape index (κ2) is 9.37. The van der Waals surface area contributed by atoms with E-state index in [0.29, 0.717) is 39.8 Å². The van der Waals surface area contributed by atoms with Crippen molar-refractivity contribution in [2.75, 3.05) is 25.0 Å². The van der Waals surface area contributed by atoms with Crippen LogP contribution in [0.1, 0.15) is 56.3 Å². The molecule has 0 aliphatic carbocycles. The van der Waals surface area contributed by atoms with Crippen molar-refractivity contribution in [3.05, 3.63) is 22.7 Å². The van der Waals surface area contributed by atoms with E-state index in [4.69, 9.17) is 21.0 Å². The third kappa shape index (κ3) is 4.32. The van der Waals surface area contributed by atoms with Gasteiger partial charge in [0, 0.05) is 54.4 Å². The number of halogens is 2. The molecule has 4 heterocycles. The third-order valence-electron chi connectivity index (χ3n) is 7.42. The lowest BCUT2D eigenvalue weighted by atomic mass is 9.82. The Balaban J connectivity index is 0.00000245. The highest BCUT2D eigenvalue weighted by Crippen LogP contribution is 2.34. The molecule has 7 nitrogen and oxygen atoms in total. The van der Waals surface area contributed by atoms with E-state index in [-0.39, 0.29) is 36.4 Å². The van der Waals surface area contributed by atoms with Crippen LogP contribution in [0.4, 0.5) is 6.01 Å². The largest absolute Gasteiger partial charge is 0.423 e. The highest BCUT2D eigenvalue weighted by atomic mass is 35.5. The lowest BCUT2D eigenvalue weighted by Crippen LogP contribution is -2.55. The fourth-order valence-electron chi connectivity index (χ4n) is 5.77. The van der Waals surface area contributed by atoms with Gasteiger partial charge in [0.05, 0.1) is 5.56 Å². The van der Waals surface area contributed by atoms with Crippen LogP contribution in [0.15, 0.2) is 16.5 Å². The molecule has 2 unspecified atom stereocenters. The molecule has 2 bridgehead atoms. The van der Waals surface area contributed by atoms with E-state index in [1.54, 1.807) is 12.1 Å². The maximum atomic E-state index is 13.3. The molecule has 3 aliphatic heterocycles. The molecule has 1 aromatic carbocycles. The van der Waals surface area contributed by atoms with Crippen LogP contribution in [0, 0.1) is 0 Å². The standard InChI is InChI=1S/C23H32ClN5O2.ClH/c1-13-11-25-12-14(2)29(13)23-27-21-19(7-15(24)8-20(21)31-23)22(30)26-16-9-17-5-4-6-18(10-16)28(17)3;/h7-8,13-14,16-18,25H,4-6,9-12H2,1-3H3,(H,26,30);1H/t13-,14-,16?,17?,18?;/m0./s1. The first-order valence-corrected chi connectivity index (χ1v) is 11.9. The molecular weight excluding hydrogens is 449 g/mol. The second-order valence-electron chi connectivity index (χ2n) is 9.61. The normalized spacial score (nSPS) is 30.8. The van der Waals surface area contributed by atoms with E-state index in [1.807, 2.05) is 0 Å². The van der Waals surface area contributed by atoms with E-state index in [2.05, 4.69) is 41.3 Å². The van der Waals surface area contributed by atoms with Gasteiger partial charge in [0.25, 0.3) is 11.9 Å². The lowest BCUT2D eigenvalue weighted by molar-refractivity contribution is 0.0463. The lowest BCUT2D eigenvalue weighted by Gasteiger charge is -2.47. The highest BCUT2D eigenvalue weighted by Gasteiger charge is 2.37. The molecule has 5 rings (SSSR count). The summed E-state index contributed by atoms with van der Waals surface area (Å²) in [5.41, 5.74) is 1.64. The summed E-state index contributed by atoms with van der Waals surface area (Å²) >= 11 is 6.36. The summed E-state index contributed by atoms with van der Waals surface area (Å²) in [5, 5.41) is 7.19. The molecule has 3 aliphatic rings. The Morgan fingerprint density at radius 2 is 1.84 bits per heavy atom. The predicted molar refractivity (Wildman–Crippen MR) is 130 cm³/mol. The number of nitrogens with one attached hydrogen (secondary N) is 2. The number of hydrogen-bond donors (Lipinski definition) is 2. The van der Waals surface area contributed by atoms with Crippen LogP contribution in [0.5, 0.6) is 0 Å². The summed E-state index contributed by atoms with van der Waals surface area (Å²) in [4.78, 5) is 22.8. The molecule has 0 radical (unpaired) electrons. The van der Waals surface area contributed by atoms with Crippen molar-refractivity contribution < 1.29 is 9.21 Å². The fourth-order valence-corrected chi connectivity index (χ4v) is 5.98. The zero-order valence-electron chi connectivity index (χ0n) is 18.9. The third-order valence-corrected chi connectivity index (χ3v) is 7.64. The first-order chi connectivity index (χ1) is 14.9. The minimum absolute atomic E-state index is 0. The molecule has 0 saturated carbocycles. The number of fused-ring (bicyclic) bond motifs is 3. The van der Waals surface area contributed by atoms with E-state index >= 15 is 0 Å². The number of aromatic nitrogens is 1. The summed E-state index contributed by atoms with van der Waals surface area (Å²) in [6, 6.07) is 5.84. The van der Waals surface area contributed by atoms with E-state index in [1.165, 1.54) is 19.3 Å². The number of hydrogen-bond acceptors (Lipinski definition) is 6. The molecule has 2 N–H and O–H groups in total. The summed E-state index contributed by atoms with van der Waals surface area (Å²) in [7, 11) is 2.22. The number of carbonyl (C=O) groups excluding carboxylic acids is 1. The quantitative estimate of drug-likeness (QED) is 0.693. The van der Waals surface area contributed by atoms with Gasteiger partial charge < -0.3 is 24.9 Å². The molecule has 9 heteroatoms. The molecule has 3 fully saturated rings. The minimum Gasteiger partial charge on any atom is -0.423 e. The van der Waals surface area contributed by atoms with Crippen molar-refractivity contribution in [1.82, 2.24) is 20.5 Å². The van der Waals surface area contributed by atoms with Crippen LogP contribution < -0.4 is 15.5 Å². The Morgan fingerprint density at radius 1 is 1.19 bits per heavy atom. The number of benzene rings is 1. The topological polar surface area (TPSA) is 73.6 Å². The molecular formula is C23H33Cl2N5O2. The molecule has 176 valence electrons. The number of amides is 1. The maximum absolute atomic E-state index is 13.3. The Bertz CT molecular complexity index is 959. The molecule has 0 spiro atoms.